The third kappa shape index (κ3) is 4.26. The molecule has 1 saturated heterocycles. The third-order valence-corrected chi connectivity index (χ3v) is 6.26. The highest BCUT2D eigenvalue weighted by molar-refractivity contribution is 6.23. The fraction of sp³-hybridized carbons (Fsp3) is 0.360. The zero-order valence-corrected chi connectivity index (χ0v) is 17.7. The number of nitriles is 1. The molecule has 7 heteroatoms. The average Bonchev–Trinajstić information content (AvgIpc) is 2.97. The monoisotopic (exact) mass is 433 g/mol. The standard InChI is InChI=1S/C25H24FN3O3/c26-19-11-9-18(10-12-19)24(31)28(20-5-3-1-2-4-6-20)22-15-23(30)29(25(22)32)21-13-7-17(16-27)8-14-21/h7-14,20,22H,1-6,15H2. The van der Waals surface area contributed by atoms with Crippen LogP contribution in [0.3, 0.4) is 0 Å². The molecule has 1 saturated carbocycles. The lowest BCUT2D eigenvalue weighted by Gasteiger charge is -2.35. The van der Waals surface area contributed by atoms with Crippen LogP contribution < -0.4 is 4.90 Å². The lowest BCUT2D eigenvalue weighted by molar-refractivity contribution is -0.123. The van der Waals surface area contributed by atoms with E-state index in [0.29, 0.717) is 16.8 Å². The summed E-state index contributed by atoms with van der Waals surface area (Å²) in [6.45, 7) is 0. The first-order valence-electron chi connectivity index (χ1n) is 10.9. The van der Waals surface area contributed by atoms with Gasteiger partial charge in [-0.1, -0.05) is 25.7 Å². The lowest BCUT2D eigenvalue weighted by atomic mass is 10.0. The normalized spacial score (nSPS) is 19.5. The minimum absolute atomic E-state index is 0.0950. The second-order valence-electron chi connectivity index (χ2n) is 8.31. The molecule has 0 spiro atoms. The number of carbonyl (C=O) groups is 3. The molecule has 3 amide bonds. The Kier molecular flexibility index (Phi) is 6.31. The van der Waals surface area contributed by atoms with Crippen LogP contribution in [0.2, 0.25) is 0 Å². The molecule has 2 aromatic rings. The summed E-state index contributed by atoms with van der Waals surface area (Å²) >= 11 is 0. The summed E-state index contributed by atoms with van der Waals surface area (Å²) < 4.78 is 13.4. The zero-order chi connectivity index (χ0) is 22.7. The van der Waals surface area contributed by atoms with Crippen molar-refractivity contribution in [2.45, 2.75) is 57.0 Å². The predicted octanol–water partition coefficient (Wildman–Crippen LogP) is 4.19. The predicted molar refractivity (Wildman–Crippen MR) is 116 cm³/mol. The zero-order valence-electron chi connectivity index (χ0n) is 17.7. The third-order valence-electron chi connectivity index (χ3n) is 6.26. The average molecular weight is 433 g/mol. The molecule has 2 fully saturated rings. The molecule has 0 aromatic heterocycles. The van der Waals surface area contributed by atoms with Crippen molar-refractivity contribution in [2.24, 2.45) is 0 Å². The number of benzene rings is 2. The van der Waals surface area contributed by atoms with Crippen molar-refractivity contribution >= 4 is 23.4 Å². The van der Waals surface area contributed by atoms with Crippen LogP contribution in [0.15, 0.2) is 48.5 Å². The smallest absolute Gasteiger partial charge is 0.257 e. The second kappa shape index (κ2) is 9.31. The van der Waals surface area contributed by atoms with Crippen molar-refractivity contribution in [3.05, 3.63) is 65.5 Å². The van der Waals surface area contributed by atoms with E-state index in [9.17, 15) is 18.8 Å². The topological polar surface area (TPSA) is 81.5 Å². The van der Waals surface area contributed by atoms with Crippen LogP contribution in [-0.2, 0) is 9.59 Å². The molecular formula is C25H24FN3O3. The van der Waals surface area contributed by atoms with E-state index in [2.05, 4.69) is 0 Å². The van der Waals surface area contributed by atoms with Crippen molar-refractivity contribution < 1.29 is 18.8 Å². The minimum atomic E-state index is -0.904. The van der Waals surface area contributed by atoms with Gasteiger partial charge < -0.3 is 4.90 Å². The summed E-state index contributed by atoms with van der Waals surface area (Å²) in [5.74, 6) is -1.62. The highest BCUT2D eigenvalue weighted by atomic mass is 19.1. The molecule has 1 atom stereocenters. The van der Waals surface area contributed by atoms with Crippen LogP contribution >= 0.6 is 0 Å². The van der Waals surface area contributed by atoms with Crippen molar-refractivity contribution in [3.63, 3.8) is 0 Å². The number of imide groups is 1. The molecule has 1 unspecified atom stereocenters. The van der Waals surface area contributed by atoms with Crippen LogP contribution in [0.4, 0.5) is 10.1 Å². The van der Waals surface area contributed by atoms with Crippen molar-refractivity contribution in [1.82, 2.24) is 4.90 Å². The van der Waals surface area contributed by atoms with E-state index in [1.54, 1.807) is 29.2 Å². The maximum absolute atomic E-state index is 13.5. The van der Waals surface area contributed by atoms with Gasteiger partial charge in [0.05, 0.1) is 23.7 Å². The van der Waals surface area contributed by atoms with E-state index in [-0.39, 0.29) is 24.3 Å². The van der Waals surface area contributed by atoms with Gasteiger partial charge in [0.25, 0.3) is 11.8 Å². The van der Waals surface area contributed by atoms with E-state index in [1.165, 1.54) is 24.3 Å². The van der Waals surface area contributed by atoms with Gasteiger partial charge in [0.2, 0.25) is 5.91 Å². The van der Waals surface area contributed by atoms with Gasteiger partial charge in [0, 0.05) is 11.6 Å². The SMILES string of the molecule is N#Cc1ccc(N2C(=O)CC(N(C(=O)c3ccc(F)cc3)C3CCCCCC3)C2=O)cc1. The molecule has 32 heavy (non-hydrogen) atoms. The number of halogens is 1. The highest BCUT2D eigenvalue weighted by Gasteiger charge is 2.46. The highest BCUT2D eigenvalue weighted by Crippen LogP contribution is 2.32. The Morgan fingerprint density at radius 2 is 1.59 bits per heavy atom. The molecule has 164 valence electrons. The molecule has 0 radical (unpaired) electrons. The summed E-state index contributed by atoms with van der Waals surface area (Å²) in [5.41, 5.74) is 1.11. The summed E-state index contributed by atoms with van der Waals surface area (Å²) in [7, 11) is 0. The maximum Gasteiger partial charge on any atom is 0.257 e. The summed E-state index contributed by atoms with van der Waals surface area (Å²) in [4.78, 5) is 42.5. The first-order chi connectivity index (χ1) is 15.5. The first kappa shape index (κ1) is 21.7. The minimum Gasteiger partial charge on any atom is -0.323 e. The Hall–Kier alpha value is -3.53. The van der Waals surface area contributed by atoms with Gasteiger partial charge in [-0.25, -0.2) is 9.29 Å². The van der Waals surface area contributed by atoms with Gasteiger partial charge in [0.15, 0.2) is 0 Å². The van der Waals surface area contributed by atoms with E-state index >= 15 is 0 Å². The van der Waals surface area contributed by atoms with Crippen molar-refractivity contribution in [3.8, 4) is 6.07 Å². The number of nitrogens with zero attached hydrogens (tertiary/aromatic N) is 3. The number of carbonyl (C=O) groups excluding carboxylic acids is 3. The van der Waals surface area contributed by atoms with Gasteiger partial charge in [-0.15, -0.1) is 0 Å². The molecule has 1 aliphatic heterocycles. The molecule has 6 nitrogen and oxygen atoms in total. The van der Waals surface area contributed by atoms with Gasteiger partial charge in [0.1, 0.15) is 11.9 Å². The first-order valence-corrected chi connectivity index (χ1v) is 10.9. The molecule has 1 heterocycles. The number of hydrogen-bond acceptors (Lipinski definition) is 4. The Morgan fingerprint density at radius 3 is 2.19 bits per heavy atom. The van der Waals surface area contributed by atoms with Crippen molar-refractivity contribution in [1.29, 1.82) is 5.26 Å². The van der Waals surface area contributed by atoms with Gasteiger partial charge in [-0.05, 0) is 61.4 Å². The maximum atomic E-state index is 13.5. The number of hydrogen-bond donors (Lipinski definition) is 0. The lowest BCUT2D eigenvalue weighted by Crippen LogP contribution is -2.50. The van der Waals surface area contributed by atoms with Crippen LogP contribution in [0.5, 0.6) is 0 Å². The number of anilines is 1. The quantitative estimate of drug-likeness (QED) is 0.535. The number of rotatable bonds is 4. The summed E-state index contributed by atoms with van der Waals surface area (Å²) in [6.07, 6.45) is 5.48. The largest absolute Gasteiger partial charge is 0.323 e. The Balaban J connectivity index is 1.67. The fourth-order valence-electron chi connectivity index (χ4n) is 4.63. The summed E-state index contributed by atoms with van der Waals surface area (Å²) in [5, 5.41) is 9.00. The Morgan fingerprint density at radius 1 is 0.969 bits per heavy atom. The Bertz CT molecular complexity index is 1050. The Labute approximate surface area is 186 Å². The molecular weight excluding hydrogens is 409 g/mol. The van der Waals surface area contributed by atoms with E-state index < -0.39 is 17.8 Å². The molecule has 0 N–H and O–H groups in total. The van der Waals surface area contributed by atoms with E-state index in [4.69, 9.17) is 5.26 Å². The summed E-state index contributed by atoms with van der Waals surface area (Å²) in [6, 6.07) is 12.5. The number of amides is 3. The molecule has 2 aromatic carbocycles. The van der Waals surface area contributed by atoms with Gasteiger partial charge >= 0.3 is 0 Å². The molecule has 2 aliphatic rings. The second-order valence-corrected chi connectivity index (χ2v) is 8.31. The van der Waals surface area contributed by atoms with Crippen LogP contribution in [-0.4, -0.2) is 34.7 Å². The van der Waals surface area contributed by atoms with Gasteiger partial charge in [-0.3, -0.25) is 14.4 Å². The molecule has 1 aliphatic carbocycles. The van der Waals surface area contributed by atoms with E-state index in [0.717, 1.165) is 43.4 Å². The van der Waals surface area contributed by atoms with Crippen LogP contribution in [0.1, 0.15) is 60.9 Å². The van der Waals surface area contributed by atoms with E-state index in [1.807, 2.05) is 6.07 Å². The van der Waals surface area contributed by atoms with Crippen LogP contribution in [0, 0.1) is 17.1 Å². The van der Waals surface area contributed by atoms with Crippen molar-refractivity contribution in [2.75, 3.05) is 4.90 Å². The molecule has 4 rings (SSSR count). The van der Waals surface area contributed by atoms with Crippen LogP contribution in [0.25, 0.3) is 0 Å². The van der Waals surface area contributed by atoms with Gasteiger partial charge in [-0.2, -0.15) is 5.26 Å². The molecule has 0 bridgehead atoms. The fourth-order valence-corrected chi connectivity index (χ4v) is 4.63.